The van der Waals surface area contributed by atoms with Crippen molar-refractivity contribution in [3.63, 3.8) is 0 Å². The zero-order valence-corrected chi connectivity index (χ0v) is 11.2. The number of carbonyl (C=O) groups excluding carboxylic acids is 1. The highest BCUT2D eigenvalue weighted by Crippen LogP contribution is 2.03. The largest absolute Gasteiger partial charge is 0.376 e. The van der Waals surface area contributed by atoms with Crippen LogP contribution < -0.4 is 10.6 Å². The Morgan fingerprint density at radius 1 is 1.37 bits per heavy atom. The topological polar surface area (TPSA) is 50.4 Å². The quantitative estimate of drug-likeness (QED) is 0.763. The van der Waals surface area contributed by atoms with Crippen LogP contribution in [-0.4, -0.2) is 31.6 Å². The number of nitrogens with one attached hydrogen (secondary N) is 2. The van der Waals surface area contributed by atoms with Crippen LogP contribution in [0.4, 0.5) is 0 Å². The third-order valence-corrected chi connectivity index (χ3v) is 3.25. The molecule has 1 atom stereocenters. The molecule has 1 aromatic carbocycles. The molecule has 0 aliphatic carbocycles. The molecule has 19 heavy (non-hydrogen) atoms. The standard InChI is InChI=1S/C15H22N2O2/c18-15(17-14-7-4-9-16-11-14)8-10-19-12-13-5-2-1-3-6-13/h1-3,5-6,14,16H,4,7-12H2,(H,17,18)/t14-/m0/s1. The van der Waals surface area contributed by atoms with Crippen molar-refractivity contribution in [3.8, 4) is 0 Å². The summed E-state index contributed by atoms with van der Waals surface area (Å²) in [5.41, 5.74) is 1.14. The molecule has 0 unspecified atom stereocenters. The first-order chi connectivity index (χ1) is 9.34. The smallest absolute Gasteiger partial charge is 0.222 e. The molecule has 4 heteroatoms. The Bertz CT molecular complexity index is 375. The molecule has 1 aromatic rings. The van der Waals surface area contributed by atoms with Crippen molar-refractivity contribution >= 4 is 5.91 Å². The summed E-state index contributed by atoms with van der Waals surface area (Å²) in [6.45, 7) is 2.99. The molecule has 1 saturated heterocycles. The van der Waals surface area contributed by atoms with Gasteiger partial charge in [-0.15, -0.1) is 0 Å². The summed E-state index contributed by atoms with van der Waals surface area (Å²) in [5, 5.41) is 6.32. The fourth-order valence-electron chi connectivity index (χ4n) is 2.20. The van der Waals surface area contributed by atoms with Gasteiger partial charge in [-0.3, -0.25) is 4.79 Å². The Labute approximate surface area is 114 Å². The molecule has 1 heterocycles. The summed E-state index contributed by atoms with van der Waals surface area (Å²) in [7, 11) is 0. The molecule has 1 fully saturated rings. The van der Waals surface area contributed by atoms with Crippen LogP contribution in [0.3, 0.4) is 0 Å². The average Bonchev–Trinajstić information content (AvgIpc) is 2.46. The normalized spacial score (nSPS) is 19.1. The maximum Gasteiger partial charge on any atom is 0.222 e. The minimum absolute atomic E-state index is 0.0850. The Hall–Kier alpha value is -1.39. The molecule has 104 valence electrons. The molecule has 0 spiro atoms. The molecule has 0 aromatic heterocycles. The summed E-state index contributed by atoms with van der Waals surface area (Å²) in [4.78, 5) is 11.7. The lowest BCUT2D eigenvalue weighted by molar-refractivity contribution is -0.123. The molecule has 2 N–H and O–H groups in total. The van der Waals surface area contributed by atoms with Gasteiger partial charge in [0, 0.05) is 19.0 Å². The van der Waals surface area contributed by atoms with Gasteiger partial charge in [0.1, 0.15) is 0 Å². The number of hydrogen-bond donors (Lipinski definition) is 2. The van der Waals surface area contributed by atoms with Gasteiger partial charge in [-0.2, -0.15) is 0 Å². The predicted molar refractivity (Wildman–Crippen MR) is 74.7 cm³/mol. The van der Waals surface area contributed by atoms with Crippen LogP contribution in [0, 0.1) is 0 Å². The summed E-state index contributed by atoms with van der Waals surface area (Å²) in [5.74, 6) is 0.0850. The minimum atomic E-state index is 0.0850. The molecule has 0 bridgehead atoms. The van der Waals surface area contributed by atoms with Crippen molar-refractivity contribution in [2.45, 2.75) is 31.9 Å². The number of carbonyl (C=O) groups is 1. The molecule has 1 aliphatic heterocycles. The SMILES string of the molecule is O=C(CCOCc1ccccc1)N[C@H]1CCCNC1. The Balaban J connectivity index is 1.56. The second kappa shape index (κ2) is 7.92. The van der Waals surface area contributed by atoms with E-state index < -0.39 is 0 Å². The molecule has 2 rings (SSSR count). The van der Waals surface area contributed by atoms with E-state index in [9.17, 15) is 4.79 Å². The Morgan fingerprint density at radius 3 is 2.95 bits per heavy atom. The van der Waals surface area contributed by atoms with Gasteiger partial charge >= 0.3 is 0 Å². The van der Waals surface area contributed by atoms with Crippen molar-refractivity contribution in [3.05, 3.63) is 35.9 Å². The van der Waals surface area contributed by atoms with Crippen LogP contribution in [0.1, 0.15) is 24.8 Å². The van der Waals surface area contributed by atoms with Gasteiger partial charge in [0.25, 0.3) is 0 Å². The maximum absolute atomic E-state index is 11.7. The molecule has 0 radical (unpaired) electrons. The van der Waals surface area contributed by atoms with E-state index >= 15 is 0 Å². The summed E-state index contributed by atoms with van der Waals surface area (Å²) in [6.07, 6.45) is 2.64. The van der Waals surface area contributed by atoms with E-state index in [2.05, 4.69) is 10.6 Å². The molecule has 4 nitrogen and oxygen atoms in total. The van der Waals surface area contributed by atoms with Gasteiger partial charge < -0.3 is 15.4 Å². The van der Waals surface area contributed by atoms with Gasteiger partial charge in [-0.1, -0.05) is 30.3 Å². The Kier molecular flexibility index (Phi) is 5.85. The van der Waals surface area contributed by atoms with Crippen LogP contribution in [0.2, 0.25) is 0 Å². The molecule has 0 saturated carbocycles. The number of ether oxygens (including phenoxy) is 1. The summed E-state index contributed by atoms with van der Waals surface area (Å²) < 4.78 is 5.50. The van der Waals surface area contributed by atoms with E-state index in [-0.39, 0.29) is 11.9 Å². The number of rotatable bonds is 6. The highest BCUT2D eigenvalue weighted by molar-refractivity contribution is 5.76. The van der Waals surface area contributed by atoms with Crippen molar-refractivity contribution in [1.29, 1.82) is 0 Å². The average molecular weight is 262 g/mol. The third-order valence-electron chi connectivity index (χ3n) is 3.25. The van der Waals surface area contributed by atoms with Gasteiger partial charge in [-0.25, -0.2) is 0 Å². The molecule has 1 aliphatic rings. The zero-order chi connectivity index (χ0) is 13.3. The van der Waals surface area contributed by atoms with Gasteiger partial charge in [0.05, 0.1) is 13.2 Å². The van der Waals surface area contributed by atoms with Crippen molar-refractivity contribution in [2.75, 3.05) is 19.7 Å². The van der Waals surface area contributed by atoms with E-state index in [4.69, 9.17) is 4.74 Å². The van der Waals surface area contributed by atoms with E-state index in [1.165, 1.54) is 0 Å². The number of amides is 1. The molecular formula is C15H22N2O2. The van der Waals surface area contributed by atoms with Crippen molar-refractivity contribution in [2.24, 2.45) is 0 Å². The zero-order valence-electron chi connectivity index (χ0n) is 11.2. The molecular weight excluding hydrogens is 240 g/mol. The van der Waals surface area contributed by atoms with E-state index in [0.717, 1.165) is 31.5 Å². The monoisotopic (exact) mass is 262 g/mol. The van der Waals surface area contributed by atoms with E-state index in [1.54, 1.807) is 0 Å². The van der Waals surface area contributed by atoms with Crippen LogP contribution >= 0.6 is 0 Å². The number of hydrogen-bond acceptors (Lipinski definition) is 3. The summed E-state index contributed by atoms with van der Waals surface area (Å²) >= 11 is 0. The fourth-order valence-corrected chi connectivity index (χ4v) is 2.20. The second-order valence-corrected chi connectivity index (χ2v) is 4.90. The first kappa shape index (κ1) is 14.0. The van der Waals surface area contributed by atoms with Crippen molar-refractivity contribution < 1.29 is 9.53 Å². The highest BCUT2D eigenvalue weighted by atomic mass is 16.5. The predicted octanol–water partition coefficient (Wildman–Crippen LogP) is 1.46. The Morgan fingerprint density at radius 2 is 2.21 bits per heavy atom. The van der Waals surface area contributed by atoms with Gasteiger partial charge in [0.2, 0.25) is 5.91 Å². The lowest BCUT2D eigenvalue weighted by Crippen LogP contribution is -2.45. The van der Waals surface area contributed by atoms with Gasteiger partial charge in [-0.05, 0) is 24.9 Å². The number of benzene rings is 1. The fraction of sp³-hybridized carbons (Fsp3) is 0.533. The number of piperidine rings is 1. The first-order valence-corrected chi connectivity index (χ1v) is 6.96. The van der Waals surface area contributed by atoms with Crippen LogP contribution in [0.15, 0.2) is 30.3 Å². The van der Waals surface area contributed by atoms with Crippen LogP contribution in [0.25, 0.3) is 0 Å². The van der Waals surface area contributed by atoms with Crippen molar-refractivity contribution in [1.82, 2.24) is 10.6 Å². The van der Waals surface area contributed by atoms with Gasteiger partial charge in [0.15, 0.2) is 0 Å². The highest BCUT2D eigenvalue weighted by Gasteiger charge is 2.14. The summed E-state index contributed by atoms with van der Waals surface area (Å²) in [6, 6.07) is 10.3. The second-order valence-electron chi connectivity index (χ2n) is 4.90. The van der Waals surface area contributed by atoms with Crippen LogP contribution in [0.5, 0.6) is 0 Å². The lowest BCUT2D eigenvalue weighted by Gasteiger charge is -2.23. The molecule has 1 amide bonds. The maximum atomic E-state index is 11.7. The lowest BCUT2D eigenvalue weighted by atomic mass is 10.1. The van der Waals surface area contributed by atoms with E-state index in [0.29, 0.717) is 19.6 Å². The van der Waals surface area contributed by atoms with Crippen LogP contribution in [-0.2, 0) is 16.1 Å². The first-order valence-electron chi connectivity index (χ1n) is 6.96. The minimum Gasteiger partial charge on any atom is -0.376 e. The third kappa shape index (κ3) is 5.41. The van der Waals surface area contributed by atoms with E-state index in [1.807, 2.05) is 30.3 Å².